The van der Waals surface area contributed by atoms with Gasteiger partial charge in [0.1, 0.15) is 0 Å². The molecule has 2 N–H and O–H groups in total. The predicted molar refractivity (Wildman–Crippen MR) is 78.8 cm³/mol. The Bertz CT molecular complexity index is 536. The molecule has 0 radical (unpaired) electrons. The van der Waals surface area contributed by atoms with E-state index in [1.165, 1.54) is 38.5 Å². The summed E-state index contributed by atoms with van der Waals surface area (Å²) >= 11 is 0. The number of nitrogens with zero attached hydrogens (tertiary/aromatic N) is 2. The lowest BCUT2D eigenvalue weighted by atomic mass is 10.1. The Labute approximate surface area is 114 Å². The molecule has 100 valence electrons. The van der Waals surface area contributed by atoms with Crippen molar-refractivity contribution < 1.29 is 0 Å². The van der Waals surface area contributed by atoms with Gasteiger partial charge in [0.25, 0.3) is 0 Å². The summed E-state index contributed by atoms with van der Waals surface area (Å²) in [5.74, 6) is 0. The van der Waals surface area contributed by atoms with Crippen LogP contribution >= 0.6 is 0 Å². The van der Waals surface area contributed by atoms with Gasteiger partial charge in [0.15, 0.2) is 0 Å². The fraction of sp³-hybridized carbons (Fsp3) is 0.438. The summed E-state index contributed by atoms with van der Waals surface area (Å²) in [5.41, 5.74) is 9.06. The number of anilines is 1. The quantitative estimate of drug-likeness (QED) is 0.650. The second-order valence-corrected chi connectivity index (χ2v) is 5.44. The molecule has 1 aromatic heterocycles. The van der Waals surface area contributed by atoms with Crippen molar-refractivity contribution in [2.75, 3.05) is 5.73 Å². The van der Waals surface area contributed by atoms with E-state index in [4.69, 9.17) is 5.73 Å². The Morgan fingerprint density at radius 2 is 1.79 bits per heavy atom. The molecule has 0 amide bonds. The zero-order chi connectivity index (χ0) is 13.1. The molecule has 3 nitrogen and oxygen atoms in total. The summed E-state index contributed by atoms with van der Waals surface area (Å²) in [6.07, 6.45) is 12.0. The molecule has 3 heteroatoms. The predicted octanol–water partition coefficient (Wildman–Crippen LogP) is 4.03. The molecule has 2 aromatic rings. The van der Waals surface area contributed by atoms with Crippen LogP contribution in [-0.2, 0) is 0 Å². The van der Waals surface area contributed by atoms with E-state index >= 15 is 0 Å². The molecule has 0 aliphatic heterocycles. The summed E-state index contributed by atoms with van der Waals surface area (Å²) in [6, 6.07) is 8.56. The molecule has 0 atom stereocenters. The third kappa shape index (κ3) is 2.65. The average Bonchev–Trinajstić information content (AvgIpc) is 2.75. The van der Waals surface area contributed by atoms with E-state index in [0.717, 1.165) is 16.8 Å². The number of nitrogen functional groups attached to an aromatic ring is 1. The van der Waals surface area contributed by atoms with Crippen molar-refractivity contribution >= 4 is 5.69 Å². The SMILES string of the molecule is Nc1ccccc1-c1cnn(C2CCCCCC2)c1. The summed E-state index contributed by atoms with van der Waals surface area (Å²) in [6.45, 7) is 0. The van der Waals surface area contributed by atoms with Crippen molar-refractivity contribution in [3.05, 3.63) is 36.7 Å². The number of hydrogen-bond donors (Lipinski definition) is 1. The van der Waals surface area contributed by atoms with Crippen molar-refractivity contribution in [3.63, 3.8) is 0 Å². The number of nitrogens with two attached hydrogens (primary N) is 1. The van der Waals surface area contributed by atoms with E-state index in [9.17, 15) is 0 Å². The monoisotopic (exact) mass is 255 g/mol. The van der Waals surface area contributed by atoms with Crippen LogP contribution in [0.25, 0.3) is 11.1 Å². The maximum atomic E-state index is 6.03. The Morgan fingerprint density at radius 3 is 2.53 bits per heavy atom. The number of hydrogen-bond acceptors (Lipinski definition) is 2. The van der Waals surface area contributed by atoms with Crippen molar-refractivity contribution in [1.82, 2.24) is 9.78 Å². The van der Waals surface area contributed by atoms with Gasteiger partial charge in [-0.25, -0.2) is 0 Å². The molecule has 19 heavy (non-hydrogen) atoms. The average molecular weight is 255 g/mol. The van der Waals surface area contributed by atoms with Crippen LogP contribution < -0.4 is 5.73 Å². The molecule has 0 saturated heterocycles. The van der Waals surface area contributed by atoms with Crippen molar-refractivity contribution in [2.24, 2.45) is 0 Å². The molecular weight excluding hydrogens is 234 g/mol. The fourth-order valence-corrected chi connectivity index (χ4v) is 2.96. The number of rotatable bonds is 2. The van der Waals surface area contributed by atoms with Crippen LogP contribution in [0.1, 0.15) is 44.6 Å². The maximum absolute atomic E-state index is 6.03. The van der Waals surface area contributed by atoms with Gasteiger partial charge in [-0.3, -0.25) is 4.68 Å². The second-order valence-electron chi connectivity index (χ2n) is 5.44. The first-order valence-electron chi connectivity index (χ1n) is 7.23. The van der Waals surface area contributed by atoms with Crippen molar-refractivity contribution in [3.8, 4) is 11.1 Å². The second kappa shape index (κ2) is 5.47. The Morgan fingerprint density at radius 1 is 1.05 bits per heavy atom. The van der Waals surface area contributed by atoms with Crippen LogP contribution in [0, 0.1) is 0 Å². The Hall–Kier alpha value is -1.77. The first kappa shape index (κ1) is 12.3. The topological polar surface area (TPSA) is 43.8 Å². The standard InChI is InChI=1S/C16H21N3/c17-16-10-6-5-9-15(16)13-11-18-19(12-13)14-7-3-1-2-4-8-14/h5-6,9-12,14H,1-4,7-8,17H2. The van der Waals surface area contributed by atoms with Crippen LogP contribution in [-0.4, -0.2) is 9.78 Å². The molecule has 0 unspecified atom stereocenters. The van der Waals surface area contributed by atoms with Gasteiger partial charge in [-0.05, 0) is 18.9 Å². The molecule has 1 aliphatic rings. The minimum Gasteiger partial charge on any atom is -0.398 e. The molecule has 1 heterocycles. The van der Waals surface area contributed by atoms with Gasteiger partial charge >= 0.3 is 0 Å². The highest BCUT2D eigenvalue weighted by atomic mass is 15.3. The number of aromatic nitrogens is 2. The van der Waals surface area contributed by atoms with Gasteiger partial charge in [0.2, 0.25) is 0 Å². The van der Waals surface area contributed by atoms with Gasteiger partial charge in [-0.2, -0.15) is 5.10 Å². The third-order valence-electron chi connectivity index (χ3n) is 4.07. The molecule has 1 aliphatic carbocycles. The largest absolute Gasteiger partial charge is 0.398 e. The van der Waals surface area contributed by atoms with Gasteiger partial charge < -0.3 is 5.73 Å². The maximum Gasteiger partial charge on any atom is 0.0569 e. The lowest BCUT2D eigenvalue weighted by Gasteiger charge is -2.14. The van der Waals surface area contributed by atoms with Gasteiger partial charge in [-0.15, -0.1) is 0 Å². The van der Waals surface area contributed by atoms with Gasteiger partial charge in [0, 0.05) is 23.0 Å². The van der Waals surface area contributed by atoms with Crippen molar-refractivity contribution in [1.29, 1.82) is 0 Å². The summed E-state index contributed by atoms with van der Waals surface area (Å²) < 4.78 is 2.15. The lowest BCUT2D eigenvalue weighted by Crippen LogP contribution is -2.08. The van der Waals surface area contributed by atoms with Gasteiger partial charge in [-0.1, -0.05) is 43.9 Å². The molecular formula is C16H21N3. The van der Waals surface area contributed by atoms with E-state index in [0.29, 0.717) is 6.04 Å². The van der Waals surface area contributed by atoms with Crippen LogP contribution in [0.15, 0.2) is 36.7 Å². The first-order chi connectivity index (χ1) is 9.34. The summed E-state index contributed by atoms with van der Waals surface area (Å²) in [5, 5.41) is 4.56. The third-order valence-corrected chi connectivity index (χ3v) is 4.07. The normalized spacial score (nSPS) is 17.3. The smallest absolute Gasteiger partial charge is 0.0569 e. The fourth-order valence-electron chi connectivity index (χ4n) is 2.96. The number of benzene rings is 1. The minimum atomic E-state index is 0.571. The highest BCUT2D eigenvalue weighted by Crippen LogP contribution is 2.30. The van der Waals surface area contributed by atoms with E-state index in [1.54, 1.807) is 0 Å². The molecule has 0 spiro atoms. The first-order valence-corrected chi connectivity index (χ1v) is 7.23. The van der Waals surface area contributed by atoms with Crippen LogP contribution in [0.3, 0.4) is 0 Å². The van der Waals surface area contributed by atoms with Crippen molar-refractivity contribution in [2.45, 2.75) is 44.6 Å². The highest BCUT2D eigenvalue weighted by molar-refractivity contribution is 5.75. The molecule has 1 saturated carbocycles. The molecule has 1 aromatic carbocycles. The van der Waals surface area contributed by atoms with E-state index < -0.39 is 0 Å². The zero-order valence-electron chi connectivity index (χ0n) is 11.3. The molecule has 0 bridgehead atoms. The Balaban J connectivity index is 1.85. The van der Waals surface area contributed by atoms with Crippen LogP contribution in [0.5, 0.6) is 0 Å². The van der Waals surface area contributed by atoms with E-state index in [1.807, 2.05) is 24.4 Å². The van der Waals surface area contributed by atoms with Crippen LogP contribution in [0.4, 0.5) is 5.69 Å². The highest BCUT2D eigenvalue weighted by Gasteiger charge is 2.15. The molecule has 1 fully saturated rings. The van der Waals surface area contributed by atoms with Crippen LogP contribution in [0.2, 0.25) is 0 Å². The van der Waals surface area contributed by atoms with Gasteiger partial charge in [0.05, 0.1) is 12.2 Å². The van der Waals surface area contributed by atoms with E-state index in [2.05, 4.69) is 22.0 Å². The molecule has 3 rings (SSSR count). The minimum absolute atomic E-state index is 0.571. The lowest BCUT2D eigenvalue weighted by molar-refractivity contribution is 0.405. The zero-order valence-corrected chi connectivity index (χ0v) is 11.3. The summed E-state index contributed by atoms with van der Waals surface area (Å²) in [4.78, 5) is 0. The number of para-hydroxylation sites is 1. The van der Waals surface area contributed by atoms with E-state index in [-0.39, 0.29) is 0 Å². The Kier molecular flexibility index (Phi) is 3.53. The summed E-state index contributed by atoms with van der Waals surface area (Å²) in [7, 11) is 0.